The maximum absolute atomic E-state index is 12.9. The van der Waals surface area contributed by atoms with Crippen LogP contribution in [0.3, 0.4) is 0 Å². The second-order valence-electron chi connectivity index (χ2n) is 10.9. The number of hydrogen-bond acceptors (Lipinski definition) is 8. The van der Waals surface area contributed by atoms with Crippen LogP contribution < -0.4 is 15.4 Å². The summed E-state index contributed by atoms with van der Waals surface area (Å²) >= 11 is 6.76. The third kappa shape index (κ3) is 5.73. The minimum absolute atomic E-state index is 0.142. The van der Waals surface area contributed by atoms with Crippen LogP contribution in [0.15, 0.2) is 30.6 Å². The first-order valence-corrected chi connectivity index (χ1v) is 13.5. The molecule has 1 amide bonds. The summed E-state index contributed by atoms with van der Waals surface area (Å²) < 4.78 is 22.8. The summed E-state index contributed by atoms with van der Waals surface area (Å²) in [5.41, 5.74) is 1.98. The van der Waals surface area contributed by atoms with Gasteiger partial charge in [-0.25, -0.2) is 14.4 Å². The Morgan fingerprint density at radius 1 is 1.25 bits per heavy atom. The topological polar surface area (TPSA) is 115 Å². The Morgan fingerprint density at radius 3 is 2.77 bits per heavy atom. The van der Waals surface area contributed by atoms with Gasteiger partial charge in [-0.15, -0.1) is 0 Å². The predicted molar refractivity (Wildman–Crippen MR) is 152 cm³/mol. The molecule has 1 atom stereocenters. The number of imidazole rings is 1. The summed E-state index contributed by atoms with van der Waals surface area (Å²) in [6.07, 6.45) is 3.96. The Balaban J connectivity index is 1.42. The van der Waals surface area contributed by atoms with Gasteiger partial charge >= 0.3 is 0 Å². The van der Waals surface area contributed by atoms with Gasteiger partial charge < -0.3 is 19.9 Å². The van der Waals surface area contributed by atoms with Crippen molar-refractivity contribution in [3.63, 3.8) is 0 Å². The number of carbonyl (C=O) groups excluding carboxylic acids is 1. The number of carbonyl (C=O) groups is 1. The van der Waals surface area contributed by atoms with E-state index in [1.807, 2.05) is 13.1 Å². The first kappa shape index (κ1) is 27.8. The molecule has 0 spiro atoms. The molecule has 0 aliphatic carbocycles. The van der Waals surface area contributed by atoms with Gasteiger partial charge in [-0.2, -0.15) is 10.1 Å². The lowest BCUT2D eigenvalue weighted by atomic mass is 9.91. The molecule has 0 bridgehead atoms. The number of nitrogens with zero attached hydrogens (tertiary/aromatic N) is 7. The average Bonchev–Trinajstić information content (AvgIpc) is 3.59. The number of rotatable bonds is 8. The van der Waals surface area contributed by atoms with Crippen LogP contribution in [0.5, 0.6) is 11.5 Å². The zero-order chi connectivity index (χ0) is 28.6. The van der Waals surface area contributed by atoms with Crippen molar-refractivity contribution in [3.8, 4) is 11.5 Å². The Labute approximate surface area is 236 Å². The van der Waals surface area contributed by atoms with Crippen molar-refractivity contribution in [3.05, 3.63) is 41.3 Å². The van der Waals surface area contributed by atoms with Crippen LogP contribution >= 0.6 is 11.6 Å². The summed E-state index contributed by atoms with van der Waals surface area (Å²) in [5, 5.41) is 11.2. The molecule has 5 rings (SSSR count). The Kier molecular flexibility index (Phi) is 7.65. The van der Waals surface area contributed by atoms with Crippen LogP contribution in [0.4, 0.5) is 22.0 Å². The number of aryl methyl sites for hydroxylation is 1. The lowest BCUT2D eigenvalue weighted by Crippen LogP contribution is -2.26. The largest absolute Gasteiger partial charge is 0.454 e. The number of likely N-dealkylation sites (tertiary alicyclic amines) is 1. The number of amides is 1. The number of anilines is 3. The smallest absolute Gasteiger partial charge is 0.222 e. The number of aromatic nitrogens is 6. The number of hydrogen-bond donors (Lipinski definition) is 2. The highest BCUT2D eigenvalue weighted by Crippen LogP contribution is 2.37. The number of pyridine rings is 2. The van der Waals surface area contributed by atoms with E-state index in [2.05, 4.69) is 55.9 Å². The molecular weight excluding hydrogens is 537 g/mol. The van der Waals surface area contributed by atoms with Crippen LogP contribution in [0.1, 0.15) is 45.9 Å². The summed E-state index contributed by atoms with van der Waals surface area (Å²) in [5.74, 6) is 2.09. The van der Waals surface area contributed by atoms with Crippen LogP contribution in [0.2, 0.25) is 5.02 Å². The molecule has 11 nitrogen and oxygen atoms in total. The maximum atomic E-state index is 12.9. The quantitative estimate of drug-likeness (QED) is 0.297. The van der Waals surface area contributed by atoms with E-state index in [0.717, 1.165) is 25.2 Å². The van der Waals surface area contributed by atoms with Crippen LogP contribution in [-0.2, 0) is 17.3 Å². The zero-order valence-electron chi connectivity index (χ0n) is 23.2. The average molecular weight is 570 g/mol. The Bertz CT molecular complexity index is 1550. The van der Waals surface area contributed by atoms with Crippen LogP contribution in [0, 0.1) is 0 Å². The monoisotopic (exact) mass is 569 g/mol. The van der Waals surface area contributed by atoms with Gasteiger partial charge in [0.05, 0.1) is 12.2 Å². The fourth-order valence-corrected chi connectivity index (χ4v) is 5.19. The second-order valence-corrected chi connectivity index (χ2v) is 11.3. The molecule has 4 aromatic heterocycles. The molecule has 212 valence electrons. The summed E-state index contributed by atoms with van der Waals surface area (Å²) in [4.78, 5) is 26.7. The van der Waals surface area contributed by atoms with E-state index in [1.54, 1.807) is 16.7 Å². The second kappa shape index (κ2) is 11.0. The van der Waals surface area contributed by atoms with E-state index < -0.39 is 0 Å². The molecule has 1 fully saturated rings. The molecule has 5 heterocycles. The van der Waals surface area contributed by atoms with Crippen molar-refractivity contribution in [1.29, 1.82) is 0 Å². The highest BCUT2D eigenvalue weighted by Gasteiger charge is 2.30. The molecule has 2 N–H and O–H groups in total. The van der Waals surface area contributed by atoms with E-state index in [4.69, 9.17) is 21.4 Å². The minimum Gasteiger partial charge on any atom is -0.454 e. The Morgan fingerprint density at radius 2 is 2.05 bits per heavy atom. The van der Waals surface area contributed by atoms with Gasteiger partial charge in [0.15, 0.2) is 17.2 Å². The number of halogens is 2. The normalized spacial score (nSPS) is 16.0. The molecule has 0 radical (unpaired) electrons. The van der Waals surface area contributed by atoms with Gasteiger partial charge in [-0.05, 0) is 12.5 Å². The third-order valence-electron chi connectivity index (χ3n) is 6.81. The first-order chi connectivity index (χ1) is 19.0. The van der Waals surface area contributed by atoms with Crippen LogP contribution in [0.25, 0.3) is 11.2 Å². The first-order valence-electron chi connectivity index (χ1n) is 13.1. The lowest BCUT2D eigenvalue weighted by Gasteiger charge is -2.23. The minimum atomic E-state index is -0.346. The van der Waals surface area contributed by atoms with E-state index in [-0.39, 0.29) is 24.0 Å². The van der Waals surface area contributed by atoms with E-state index in [9.17, 15) is 9.18 Å². The molecule has 1 aliphatic rings. The molecule has 40 heavy (non-hydrogen) atoms. The van der Waals surface area contributed by atoms with E-state index >= 15 is 0 Å². The zero-order valence-corrected chi connectivity index (χ0v) is 24.0. The number of fused-ring (bicyclic) bond motifs is 1. The fraction of sp³-hybridized carbons (Fsp3) is 0.444. The van der Waals surface area contributed by atoms with E-state index in [1.165, 1.54) is 19.3 Å². The fourth-order valence-electron chi connectivity index (χ4n) is 4.89. The molecule has 13 heteroatoms. The number of alkyl halides is 1. The van der Waals surface area contributed by atoms with Crippen molar-refractivity contribution < 1.29 is 13.9 Å². The van der Waals surface area contributed by atoms with Crippen LogP contribution in [-0.4, -0.2) is 66.4 Å². The molecule has 0 saturated carbocycles. The predicted octanol–water partition coefficient (Wildman–Crippen LogP) is 5.22. The maximum Gasteiger partial charge on any atom is 0.222 e. The summed E-state index contributed by atoms with van der Waals surface area (Å²) in [6.45, 7) is 9.60. The van der Waals surface area contributed by atoms with Gasteiger partial charge in [0, 0.05) is 63.0 Å². The highest BCUT2D eigenvalue weighted by molar-refractivity contribution is 6.36. The molecule has 0 unspecified atom stereocenters. The van der Waals surface area contributed by atoms with Gasteiger partial charge in [-0.3, -0.25) is 14.4 Å². The van der Waals surface area contributed by atoms with Gasteiger partial charge in [0.1, 0.15) is 28.8 Å². The number of ether oxygens (including phenoxy) is 1. The van der Waals surface area contributed by atoms with Crippen molar-refractivity contribution in [2.45, 2.75) is 45.6 Å². The lowest BCUT2D eigenvalue weighted by molar-refractivity contribution is -0.114. The summed E-state index contributed by atoms with van der Waals surface area (Å²) in [6, 6.07) is 5.47. The van der Waals surface area contributed by atoms with Crippen molar-refractivity contribution in [1.82, 2.24) is 34.2 Å². The molecule has 0 aromatic carbocycles. The Hall–Kier alpha value is -3.77. The molecular formula is C27H33ClFN9O2. The molecule has 1 aliphatic heterocycles. The van der Waals surface area contributed by atoms with Gasteiger partial charge in [0.2, 0.25) is 11.9 Å². The molecule has 1 saturated heterocycles. The third-order valence-corrected chi connectivity index (χ3v) is 7.17. The SMILES string of the molecule is CC(=O)Nc1cc(Oc2cnc3nc(Nc4cc(C(C)(C)C)n([C@@H]5CCN(CCF)C5)n4)n(C)c3c2Cl)ccn1. The highest BCUT2D eigenvalue weighted by atomic mass is 35.5. The standard InChI is InChI=1S/C27H33ClFN9O2/c1-16(39)32-21-12-18(6-9-30-21)40-19-14-31-25-24(23(19)28)36(5)26(34-25)33-22-13-20(27(2,3)4)38(35-22)17-7-10-37(15-17)11-8-29/h6,9,12-14,17H,7-8,10-11,15H2,1-5H3,(H,30,32,39)(H,31,33,34,35)/t17-/m1/s1. The van der Waals surface area contributed by atoms with Crippen molar-refractivity contribution in [2.24, 2.45) is 7.05 Å². The van der Waals surface area contributed by atoms with Gasteiger partial charge in [0.25, 0.3) is 0 Å². The van der Waals surface area contributed by atoms with Crippen molar-refractivity contribution in [2.75, 3.05) is 36.9 Å². The van der Waals surface area contributed by atoms with E-state index in [0.29, 0.717) is 51.8 Å². The van der Waals surface area contributed by atoms with Gasteiger partial charge in [-0.1, -0.05) is 32.4 Å². The summed E-state index contributed by atoms with van der Waals surface area (Å²) in [7, 11) is 1.84. The molecule has 4 aromatic rings. The van der Waals surface area contributed by atoms with Crippen molar-refractivity contribution >= 4 is 46.3 Å². The number of nitrogens with one attached hydrogen (secondary N) is 2.